The molecule has 0 aliphatic carbocycles. The number of nitrogens with one attached hydrogen (secondary N) is 2. The molecule has 0 saturated carbocycles. The highest BCUT2D eigenvalue weighted by Crippen LogP contribution is 1.98. The Kier molecular flexibility index (Phi) is 20.7. The minimum Gasteiger partial charge on any atom is -0.618 e. The first-order valence-electron chi connectivity index (χ1n) is 14.6. The highest BCUT2D eigenvalue weighted by Gasteiger charge is 2.12. The second-order valence-corrected chi connectivity index (χ2v) is 9.60. The van der Waals surface area contributed by atoms with E-state index in [1.165, 1.54) is 12.4 Å². The summed E-state index contributed by atoms with van der Waals surface area (Å²) in [6.45, 7) is 6.02. The molecule has 0 spiro atoms. The molecule has 8 heteroatoms. The smallest absolute Gasteiger partial charge is 0.276 e. The minimum atomic E-state index is -0.384. The van der Waals surface area contributed by atoms with Gasteiger partial charge in [-0.3, -0.25) is 9.59 Å². The fourth-order valence-corrected chi connectivity index (χ4v) is 3.47. The maximum Gasteiger partial charge on any atom is 0.276 e. The number of hydrogen-bond acceptors (Lipinski definition) is 5. The Bertz CT molecular complexity index is 1060. The number of carbonyl (C=O) groups excluding carboxylic acids is 2. The summed E-state index contributed by atoms with van der Waals surface area (Å²) in [5.41, 5.74) is 0.521. The van der Waals surface area contributed by atoms with Crippen LogP contribution >= 0.6 is 0 Å². The number of likely N-dealkylation sites (N-methyl/N-ethyl adjacent to an activating group) is 1. The van der Waals surface area contributed by atoms with Crippen molar-refractivity contribution in [2.45, 2.75) is 65.2 Å². The van der Waals surface area contributed by atoms with Gasteiger partial charge in [0.2, 0.25) is 17.8 Å². The third kappa shape index (κ3) is 19.9. The van der Waals surface area contributed by atoms with Gasteiger partial charge in [0, 0.05) is 39.5 Å². The zero-order valence-electron chi connectivity index (χ0n) is 25.1. The van der Waals surface area contributed by atoms with Gasteiger partial charge in [-0.1, -0.05) is 79.8 Å². The Labute approximate surface area is 246 Å². The van der Waals surface area contributed by atoms with Crippen LogP contribution in [0, 0.1) is 12.1 Å². The minimum absolute atomic E-state index is 0.0302. The van der Waals surface area contributed by atoms with Gasteiger partial charge in [-0.25, -0.2) is 4.98 Å². The molecular formula is C33H49N5O3. The molecule has 1 heterocycles. The van der Waals surface area contributed by atoms with Crippen molar-refractivity contribution >= 4 is 11.8 Å². The van der Waals surface area contributed by atoms with Gasteiger partial charge in [0.1, 0.15) is 0 Å². The number of carbonyl (C=O) groups is 2. The summed E-state index contributed by atoms with van der Waals surface area (Å²) in [5.74, 6) is -0.353. The number of rotatable bonds is 21. The SMILES string of the molecule is CC/C=C\C/C=C\C/C=C\C/C=C\C/C=C\C/C=C\CCC(=O)NCCN(C)CCNC(=O)c1c[n+]([O-])c(C)cn1. The highest BCUT2D eigenvalue weighted by atomic mass is 16.5. The van der Waals surface area contributed by atoms with Crippen molar-refractivity contribution in [3.8, 4) is 0 Å². The van der Waals surface area contributed by atoms with Gasteiger partial charge in [-0.15, -0.1) is 0 Å². The van der Waals surface area contributed by atoms with Gasteiger partial charge in [0.15, 0.2) is 5.69 Å². The van der Waals surface area contributed by atoms with Crippen molar-refractivity contribution in [3.63, 3.8) is 0 Å². The molecule has 0 aromatic carbocycles. The average Bonchev–Trinajstić information content (AvgIpc) is 2.95. The fraction of sp³-hybridized carbons (Fsp3) is 0.455. The predicted molar refractivity (Wildman–Crippen MR) is 168 cm³/mol. The summed E-state index contributed by atoms with van der Waals surface area (Å²) >= 11 is 0. The summed E-state index contributed by atoms with van der Waals surface area (Å²) < 4.78 is 0.624. The molecule has 41 heavy (non-hydrogen) atoms. The van der Waals surface area contributed by atoms with E-state index in [-0.39, 0.29) is 17.5 Å². The second-order valence-electron chi connectivity index (χ2n) is 9.60. The van der Waals surface area contributed by atoms with Crippen LogP contribution in [0.1, 0.15) is 74.5 Å². The maximum atomic E-state index is 12.1. The summed E-state index contributed by atoms with van der Waals surface area (Å²) in [4.78, 5) is 30.1. The van der Waals surface area contributed by atoms with Crippen LogP contribution in [-0.4, -0.2) is 54.9 Å². The van der Waals surface area contributed by atoms with E-state index in [0.717, 1.165) is 44.9 Å². The molecule has 0 saturated heterocycles. The van der Waals surface area contributed by atoms with E-state index in [2.05, 4.69) is 89.4 Å². The van der Waals surface area contributed by atoms with E-state index in [1.807, 2.05) is 18.0 Å². The number of amides is 2. The van der Waals surface area contributed by atoms with Crippen molar-refractivity contribution < 1.29 is 14.3 Å². The first-order chi connectivity index (χ1) is 19.9. The molecule has 0 bridgehead atoms. The average molecular weight is 564 g/mol. The lowest BCUT2D eigenvalue weighted by Crippen LogP contribution is -2.38. The lowest BCUT2D eigenvalue weighted by Gasteiger charge is -2.17. The van der Waals surface area contributed by atoms with Crippen LogP contribution in [-0.2, 0) is 4.79 Å². The zero-order chi connectivity index (χ0) is 30.0. The molecular weight excluding hydrogens is 514 g/mol. The first-order valence-corrected chi connectivity index (χ1v) is 14.6. The van der Waals surface area contributed by atoms with Gasteiger partial charge >= 0.3 is 0 Å². The van der Waals surface area contributed by atoms with E-state index in [9.17, 15) is 14.8 Å². The standard InChI is InChI=1S/C33H49N5O3/c1-4-5-6-7-8-9-10-11-12-13-14-15-16-17-18-19-20-21-22-23-32(39)34-24-26-37(3)27-25-35-33(40)31-29-38(41)30(2)28-36-31/h5-6,8-9,11-12,14-15,17-18,20-21,28-29H,4,7,10,13,16,19,22-27H2,1-3H3,(H,34,39)(H,35,40)/b6-5-,9-8-,12-11-,15-14-,18-17-,21-20-. The number of hydrogen-bond donors (Lipinski definition) is 2. The molecule has 0 fully saturated rings. The van der Waals surface area contributed by atoms with Crippen LogP contribution < -0.4 is 15.4 Å². The van der Waals surface area contributed by atoms with E-state index in [1.54, 1.807) is 6.92 Å². The van der Waals surface area contributed by atoms with Crippen LogP contribution in [0.3, 0.4) is 0 Å². The third-order valence-electron chi connectivity index (χ3n) is 5.94. The molecule has 0 aliphatic rings. The van der Waals surface area contributed by atoms with Crippen LogP contribution in [0.4, 0.5) is 0 Å². The topological polar surface area (TPSA) is 101 Å². The van der Waals surface area contributed by atoms with Gasteiger partial charge < -0.3 is 20.7 Å². The molecule has 8 nitrogen and oxygen atoms in total. The van der Waals surface area contributed by atoms with Crippen molar-refractivity contribution in [3.05, 3.63) is 102 Å². The van der Waals surface area contributed by atoms with Crippen LogP contribution in [0.15, 0.2) is 85.3 Å². The van der Waals surface area contributed by atoms with Crippen LogP contribution in [0.5, 0.6) is 0 Å². The van der Waals surface area contributed by atoms with E-state index in [4.69, 9.17) is 0 Å². The van der Waals surface area contributed by atoms with E-state index >= 15 is 0 Å². The van der Waals surface area contributed by atoms with Crippen LogP contribution in [0.2, 0.25) is 0 Å². The molecule has 2 N–H and O–H groups in total. The molecule has 0 radical (unpaired) electrons. The van der Waals surface area contributed by atoms with Crippen molar-refractivity contribution in [1.82, 2.24) is 20.5 Å². The third-order valence-corrected chi connectivity index (χ3v) is 5.94. The summed E-state index contributed by atoms with van der Waals surface area (Å²) in [6, 6.07) is 0. The quantitative estimate of drug-likeness (QED) is 0.120. The summed E-state index contributed by atoms with van der Waals surface area (Å²) in [6.07, 6.45) is 35.6. The van der Waals surface area contributed by atoms with Gasteiger partial charge in [-0.05, 0) is 52.0 Å². The highest BCUT2D eigenvalue weighted by molar-refractivity contribution is 5.91. The first kappa shape index (κ1) is 35.2. The Hall–Kier alpha value is -3.78. The fourth-order valence-electron chi connectivity index (χ4n) is 3.47. The summed E-state index contributed by atoms with van der Waals surface area (Å²) in [5, 5.41) is 17.2. The monoisotopic (exact) mass is 563 g/mol. The Morgan fingerprint density at radius 3 is 1.83 bits per heavy atom. The van der Waals surface area contributed by atoms with E-state index < -0.39 is 0 Å². The van der Waals surface area contributed by atoms with Gasteiger partial charge in [0.25, 0.3) is 5.91 Å². The normalized spacial score (nSPS) is 12.4. The van der Waals surface area contributed by atoms with Gasteiger partial charge in [0.05, 0.1) is 6.20 Å². The molecule has 0 unspecified atom stereocenters. The Morgan fingerprint density at radius 2 is 1.32 bits per heavy atom. The number of aromatic nitrogens is 2. The Morgan fingerprint density at radius 1 is 0.829 bits per heavy atom. The van der Waals surface area contributed by atoms with Crippen molar-refractivity contribution in [2.24, 2.45) is 0 Å². The summed E-state index contributed by atoms with van der Waals surface area (Å²) in [7, 11) is 1.92. The van der Waals surface area contributed by atoms with Crippen LogP contribution in [0.25, 0.3) is 0 Å². The number of nitrogens with zero attached hydrogens (tertiary/aromatic N) is 3. The molecule has 1 aromatic heterocycles. The molecule has 224 valence electrons. The lowest BCUT2D eigenvalue weighted by atomic mass is 10.2. The lowest BCUT2D eigenvalue weighted by molar-refractivity contribution is -0.613. The molecule has 2 amide bonds. The molecule has 1 aromatic rings. The Balaban J connectivity index is 2.01. The van der Waals surface area contributed by atoms with E-state index in [0.29, 0.717) is 43.0 Å². The number of allylic oxidation sites excluding steroid dienone is 12. The molecule has 1 rings (SSSR count). The largest absolute Gasteiger partial charge is 0.618 e. The zero-order valence-corrected chi connectivity index (χ0v) is 25.1. The second kappa shape index (κ2) is 24.1. The van der Waals surface area contributed by atoms with Crippen molar-refractivity contribution in [1.29, 1.82) is 0 Å². The maximum absolute atomic E-state index is 12.1. The van der Waals surface area contributed by atoms with Crippen molar-refractivity contribution in [2.75, 3.05) is 33.2 Å². The van der Waals surface area contributed by atoms with Gasteiger partial charge in [-0.2, -0.15) is 4.73 Å². The molecule has 0 aliphatic heterocycles. The number of aryl methyl sites for hydroxylation is 1. The predicted octanol–water partition coefficient (Wildman–Crippen LogP) is 5.28. The molecule has 0 atom stereocenters.